The summed E-state index contributed by atoms with van der Waals surface area (Å²) in [7, 11) is 0. The first-order chi connectivity index (χ1) is 10.7. The third kappa shape index (κ3) is 6.53. The molecule has 0 amide bonds. The highest BCUT2D eigenvalue weighted by Gasteiger charge is 2.03. The smallest absolute Gasteiger partial charge is 0.330 e. The molecule has 0 aromatic heterocycles. The number of benzene rings is 1. The summed E-state index contributed by atoms with van der Waals surface area (Å²) in [6.45, 7) is 2.96. The quantitative estimate of drug-likeness (QED) is 0.318. The van der Waals surface area contributed by atoms with Gasteiger partial charge in [0, 0.05) is 25.4 Å². The number of nitrogens with zero attached hydrogens (tertiary/aromatic N) is 2. The van der Waals surface area contributed by atoms with E-state index in [1.165, 1.54) is 12.3 Å². The van der Waals surface area contributed by atoms with Crippen LogP contribution in [0.1, 0.15) is 12.5 Å². The van der Waals surface area contributed by atoms with Crippen molar-refractivity contribution in [2.45, 2.75) is 13.5 Å². The van der Waals surface area contributed by atoms with E-state index in [1.54, 1.807) is 17.9 Å². The number of hydrogen-bond donors (Lipinski definition) is 0. The number of hydrogen-bond acceptors (Lipinski definition) is 5. The predicted octanol–water partition coefficient (Wildman–Crippen LogP) is 2.21. The molecule has 114 valence electrons. The fourth-order valence-electron chi connectivity index (χ4n) is 1.74. The van der Waals surface area contributed by atoms with Crippen LogP contribution < -0.4 is 0 Å². The van der Waals surface area contributed by atoms with Crippen molar-refractivity contribution in [3.05, 3.63) is 59.8 Å². The lowest BCUT2D eigenvalue weighted by Crippen LogP contribution is -2.18. The van der Waals surface area contributed by atoms with Crippen molar-refractivity contribution < 1.29 is 14.3 Å². The Morgan fingerprint density at radius 3 is 2.68 bits per heavy atom. The van der Waals surface area contributed by atoms with E-state index in [2.05, 4.69) is 0 Å². The van der Waals surface area contributed by atoms with Crippen LogP contribution >= 0.6 is 0 Å². The molecule has 0 unspecified atom stereocenters. The molecule has 0 aliphatic heterocycles. The Labute approximate surface area is 130 Å². The highest BCUT2D eigenvalue weighted by molar-refractivity contribution is 5.81. The summed E-state index contributed by atoms with van der Waals surface area (Å²) in [5, 5.41) is 8.86. The molecule has 0 bridgehead atoms. The third-order valence-corrected chi connectivity index (χ3v) is 2.69. The van der Waals surface area contributed by atoms with Crippen LogP contribution in [-0.4, -0.2) is 30.3 Å². The van der Waals surface area contributed by atoms with Crippen LogP contribution in [0.5, 0.6) is 0 Å². The van der Waals surface area contributed by atoms with E-state index in [-0.39, 0.29) is 5.57 Å². The van der Waals surface area contributed by atoms with Crippen LogP contribution in [0, 0.1) is 11.3 Å². The summed E-state index contributed by atoms with van der Waals surface area (Å²) in [6, 6.07) is 11.5. The van der Waals surface area contributed by atoms with Gasteiger partial charge in [0.05, 0.1) is 6.61 Å². The first kappa shape index (κ1) is 17.2. The van der Waals surface area contributed by atoms with Crippen molar-refractivity contribution in [2.24, 2.45) is 0 Å². The van der Waals surface area contributed by atoms with E-state index in [0.717, 1.165) is 5.56 Å². The Morgan fingerprint density at radius 1 is 1.36 bits per heavy atom. The molecular formula is C17H18N2O3. The van der Waals surface area contributed by atoms with Gasteiger partial charge in [0.1, 0.15) is 11.6 Å². The van der Waals surface area contributed by atoms with E-state index in [9.17, 15) is 9.59 Å². The lowest BCUT2D eigenvalue weighted by atomic mass is 10.2. The minimum Gasteiger partial charge on any atom is -0.463 e. The van der Waals surface area contributed by atoms with Crippen LogP contribution in [0.15, 0.2) is 54.3 Å². The third-order valence-electron chi connectivity index (χ3n) is 2.69. The molecule has 1 aromatic rings. The van der Waals surface area contributed by atoms with Gasteiger partial charge < -0.3 is 9.64 Å². The van der Waals surface area contributed by atoms with Gasteiger partial charge in [0.2, 0.25) is 0 Å². The van der Waals surface area contributed by atoms with E-state index < -0.39 is 5.97 Å². The molecule has 0 fully saturated rings. The second-order valence-corrected chi connectivity index (χ2v) is 4.38. The first-order valence-corrected chi connectivity index (χ1v) is 6.88. The topological polar surface area (TPSA) is 70.4 Å². The minimum absolute atomic E-state index is 0.0282. The molecule has 5 heteroatoms. The molecule has 0 aliphatic rings. The van der Waals surface area contributed by atoms with Gasteiger partial charge in [-0.05, 0) is 12.5 Å². The highest BCUT2D eigenvalue weighted by Crippen LogP contribution is 2.06. The number of esters is 1. The molecule has 1 rings (SSSR count). The van der Waals surface area contributed by atoms with Gasteiger partial charge in [-0.15, -0.1) is 0 Å². The molecule has 1 aromatic carbocycles. The summed E-state index contributed by atoms with van der Waals surface area (Å²) in [5.41, 5.74) is 1.06. The van der Waals surface area contributed by atoms with Gasteiger partial charge in [0.15, 0.2) is 6.29 Å². The molecular weight excluding hydrogens is 280 g/mol. The van der Waals surface area contributed by atoms with E-state index in [4.69, 9.17) is 10.00 Å². The molecule has 0 heterocycles. The molecule has 0 saturated heterocycles. The number of carbonyl (C=O) groups excluding carboxylic acids is 2. The van der Waals surface area contributed by atoms with Gasteiger partial charge in [-0.3, -0.25) is 4.79 Å². The standard InChI is InChI=1S/C17H18N2O3/c1-2-22-17(21)9-6-10-19(13-16(11-18)14-20)12-15-7-4-3-5-8-15/h3-9,13-14H,2,10,12H2,1H3/b9-6+,16-13+. The van der Waals surface area contributed by atoms with Crippen LogP contribution in [0.25, 0.3) is 0 Å². The molecule has 0 N–H and O–H groups in total. The molecule has 0 radical (unpaired) electrons. The zero-order valence-electron chi connectivity index (χ0n) is 12.4. The van der Waals surface area contributed by atoms with Gasteiger partial charge in [-0.25, -0.2) is 4.79 Å². The number of rotatable bonds is 8. The summed E-state index contributed by atoms with van der Waals surface area (Å²) in [6.07, 6.45) is 4.96. The normalized spacial score (nSPS) is 11.0. The van der Waals surface area contributed by atoms with Crippen molar-refractivity contribution >= 4 is 12.3 Å². The minimum atomic E-state index is -0.415. The number of nitriles is 1. The lowest BCUT2D eigenvalue weighted by Gasteiger charge is -2.18. The zero-order valence-corrected chi connectivity index (χ0v) is 12.4. The Bertz CT molecular complexity index is 586. The predicted molar refractivity (Wildman–Crippen MR) is 82.4 cm³/mol. The fourth-order valence-corrected chi connectivity index (χ4v) is 1.74. The molecule has 0 saturated carbocycles. The summed E-state index contributed by atoms with van der Waals surface area (Å²) >= 11 is 0. The summed E-state index contributed by atoms with van der Waals surface area (Å²) in [4.78, 5) is 23.8. The Hall–Kier alpha value is -2.87. The maximum absolute atomic E-state index is 11.3. The van der Waals surface area contributed by atoms with E-state index in [0.29, 0.717) is 26.0 Å². The van der Waals surface area contributed by atoms with Crippen molar-refractivity contribution in [1.29, 1.82) is 5.26 Å². The number of aldehydes is 1. The molecule has 22 heavy (non-hydrogen) atoms. The fraction of sp³-hybridized carbons (Fsp3) is 0.235. The summed E-state index contributed by atoms with van der Waals surface area (Å²) in [5.74, 6) is -0.415. The van der Waals surface area contributed by atoms with Crippen molar-refractivity contribution in [1.82, 2.24) is 4.90 Å². The average molecular weight is 298 g/mol. The van der Waals surface area contributed by atoms with Crippen LogP contribution in [0.4, 0.5) is 0 Å². The highest BCUT2D eigenvalue weighted by atomic mass is 16.5. The second-order valence-electron chi connectivity index (χ2n) is 4.38. The average Bonchev–Trinajstić information content (AvgIpc) is 2.53. The Kier molecular flexibility index (Phi) is 7.77. The Balaban J connectivity index is 2.78. The molecule has 5 nitrogen and oxygen atoms in total. The SMILES string of the molecule is CCOC(=O)/C=C/CN(/C=C(\C#N)C=O)Cc1ccccc1. The largest absolute Gasteiger partial charge is 0.463 e. The van der Waals surface area contributed by atoms with Crippen molar-refractivity contribution in [3.63, 3.8) is 0 Å². The second kappa shape index (κ2) is 9.94. The molecule has 0 aliphatic carbocycles. The lowest BCUT2D eigenvalue weighted by molar-refractivity contribution is -0.137. The first-order valence-electron chi connectivity index (χ1n) is 6.88. The van der Waals surface area contributed by atoms with Crippen LogP contribution in [0.3, 0.4) is 0 Å². The van der Waals surface area contributed by atoms with Crippen LogP contribution in [-0.2, 0) is 20.9 Å². The maximum Gasteiger partial charge on any atom is 0.330 e. The van der Waals surface area contributed by atoms with Crippen LogP contribution in [0.2, 0.25) is 0 Å². The summed E-state index contributed by atoms with van der Waals surface area (Å²) < 4.78 is 4.80. The molecule has 0 atom stereocenters. The van der Waals surface area contributed by atoms with E-state index >= 15 is 0 Å². The zero-order chi connectivity index (χ0) is 16.2. The van der Waals surface area contributed by atoms with Gasteiger partial charge >= 0.3 is 5.97 Å². The number of allylic oxidation sites excluding steroid dienone is 1. The van der Waals surface area contributed by atoms with Gasteiger partial charge in [-0.2, -0.15) is 5.26 Å². The van der Waals surface area contributed by atoms with Crippen molar-refractivity contribution in [2.75, 3.05) is 13.2 Å². The van der Waals surface area contributed by atoms with Gasteiger partial charge in [0.25, 0.3) is 0 Å². The van der Waals surface area contributed by atoms with E-state index in [1.807, 2.05) is 36.4 Å². The number of carbonyl (C=O) groups is 2. The molecule has 0 spiro atoms. The monoisotopic (exact) mass is 298 g/mol. The Morgan fingerprint density at radius 2 is 2.09 bits per heavy atom. The maximum atomic E-state index is 11.3. The number of ether oxygens (including phenoxy) is 1. The van der Waals surface area contributed by atoms with Crippen molar-refractivity contribution in [3.8, 4) is 6.07 Å². The van der Waals surface area contributed by atoms with Gasteiger partial charge in [-0.1, -0.05) is 36.4 Å².